The molecule has 0 saturated carbocycles. The van der Waals surface area contributed by atoms with Crippen molar-refractivity contribution in [3.05, 3.63) is 24.3 Å². The minimum atomic E-state index is -1.08. The summed E-state index contributed by atoms with van der Waals surface area (Å²) < 4.78 is 5.26. The van der Waals surface area contributed by atoms with Crippen LogP contribution < -0.4 is 15.0 Å². The molecular formula is C17H22N2O5. The predicted octanol–water partition coefficient (Wildman–Crippen LogP) is 1.27. The summed E-state index contributed by atoms with van der Waals surface area (Å²) in [6.45, 7) is 3.65. The van der Waals surface area contributed by atoms with Gasteiger partial charge >= 0.3 is 5.97 Å². The van der Waals surface area contributed by atoms with Crippen LogP contribution in [0.5, 0.6) is 5.75 Å². The molecule has 2 N–H and O–H groups in total. The monoisotopic (exact) mass is 334 g/mol. The largest absolute Gasteiger partial charge is 0.495 e. The molecule has 2 rings (SSSR count). The van der Waals surface area contributed by atoms with E-state index in [0.717, 1.165) is 0 Å². The van der Waals surface area contributed by atoms with Crippen molar-refractivity contribution < 1.29 is 24.2 Å². The van der Waals surface area contributed by atoms with Gasteiger partial charge < -0.3 is 20.1 Å². The lowest BCUT2D eigenvalue weighted by Crippen LogP contribution is -2.47. The van der Waals surface area contributed by atoms with E-state index in [2.05, 4.69) is 5.32 Å². The number of carbonyl (C=O) groups is 3. The van der Waals surface area contributed by atoms with E-state index in [1.54, 1.807) is 38.1 Å². The fraction of sp³-hybridized carbons (Fsp3) is 0.471. The topological polar surface area (TPSA) is 95.9 Å². The van der Waals surface area contributed by atoms with E-state index in [1.807, 2.05) is 0 Å². The molecule has 1 saturated heterocycles. The fourth-order valence-electron chi connectivity index (χ4n) is 2.75. The highest BCUT2D eigenvalue weighted by atomic mass is 16.5. The first kappa shape index (κ1) is 17.8. The summed E-state index contributed by atoms with van der Waals surface area (Å²) in [5, 5.41) is 11.7. The Morgan fingerprint density at radius 3 is 2.58 bits per heavy atom. The Balaban J connectivity index is 2.11. The second-order valence-corrected chi connectivity index (χ2v) is 6.15. The first-order chi connectivity index (χ1) is 11.3. The molecular weight excluding hydrogens is 312 g/mol. The van der Waals surface area contributed by atoms with Gasteiger partial charge in [0.15, 0.2) is 0 Å². The van der Waals surface area contributed by atoms with Gasteiger partial charge in [-0.15, -0.1) is 0 Å². The van der Waals surface area contributed by atoms with Crippen molar-refractivity contribution >= 4 is 23.5 Å². The number of rotatable bonds is 6. The van der Waals surface area contributed by atoms with E-state index in [1.165, 1.54) is 12.0 Å². The Hall–Kier alpha value is -2.57. The van der Waals surface area contributed by atoms with Gasteiger partial charge in [0.2, 0.25) is 11.8 Å². The Bertz CT molecular complexity index is 644. The summed E-state index contributed by atoms with van der Waals surface area (Å²) >= 11 is 0. The molecule has 7 nitrogen and oxygen atoms in total. The zero-order valence-electron chi connectivity index (χ0n) is 14.0. The minimum Gasteiger partial charge on any atom is -0.495 e. The molecule has 2 atom stereocenters. The van der Waals surface area contributed by atoms with Crippen LogP contribution in [0, 0.1) is 11.8 Å². The van der Waals surface area contributed by atoms with Crippen molar-refractivity contribution in [1.82, 2.24) is 5.32 Å². The zero-order valence-corrected chi connectivity index (χ0v) is 14.0. The maximum atomic E-state index is 12.4. The van der Waals surface area contributed by atoms with Gasteiger partial charge in [0, 0.05) is 13.0 Å². The molecule has 1 aromatic rings. The molecule has 1 aliphatic heterocycles. The molecule has 0 radical (unpaired) electrons. The number of methoxy groups -OCH3 is 1. The molecule has 0 aliphatic carbocycles. The first-order valence-electron chi connectivity index (χ1n) is 7.81. The normalized spacial score (nSPS) is 18.6. The van der Waals surface area contributed by atoms with Crippen LogP contribution in [0.25, 0.3) is 0 Å². The molecule has 1 heterocycles. The summed E-state index contributed by atoms with van der Waals surface area (Å²) in [5.74, 6) is -1.95. The number of anilines is 1. The fourth-order valence-corrected chi connectivity index (χ4v) is 2.75. The van der Waals surface area contributed by atoms with Gasteiger partial charge in [-0.3, -0.25) is 9.59 Å². The molecule has 1 aromatic carbocycles. The Labute approximate surface area is 140 Å². The van der Waals surface area contributed by atoms with Crippen molar-refractivity contribution in [1.29, 1.82) is 0 Å². The minimum absolute atomic E-state index is 0.0499. The van der Waals surface area contributed by atoms with E-state index in [-0.39, 0.29) is 24.8 Å². The first-order valence-corrected chi connectivity index (χ1v) is 7.81. The predicted molar refractivity (Wildman–Crippen MR) is 87.9 cm³/mol. The van der Waals surface area contributed by atoms with Crippen LogP contribution in [0.4, 0.5) is 5.69 Å². The number of nitrogens with zero attached hydrogens (tertiary/aromatic N) is 1. The summed E-state index contributed by atoms with van der Waals surface area (Å²) in [4.78, 5) is 37.4. The highest BCUT2D eigenvalue weighted by molar-refractivity contribution is 6.01. The highest BCUT2D eigenvalue weighted by Gasteiger charge is 2.37. The molecule has 1 unspecified atom stereocenters. The van der Waals surface area contributed by atoms with Gasteiger partial charge in [0.1, 0.15) is 11.8 Å². The number of hydrogen-bond acceptors (Lipinski definition) is 4. The quantitative estimate of drug-likeness (QED) is 0.817. The lowest BCUT2D eigenvalue weighted by molar-refractivity contribution is -0.143. The van der Waals surface area contributed by atoms with Crippen LogP contribution >= 0.6 is 0 Å². The van der Waals surface area contributed by atoms with Crippen LogP contribution in [0.3, 0.4) is 0 Å². The van der Waals surface area contributed by atoms with Crippen molar-refractivity contribution in [2.75, 3.05) is 18.6 Å². The van der Waals surface area contributed by atoms with Gasteiger partial charge in [0.25, 0.3) is 0 Å². The second-order valence-electron chi connectivity index (χ2n) is 6.15. The number of hydrogen-bond donors (Lipinski definition) is 2. The number of amides is 2. The molecule has 0 spiro atoms. The summed E-state index contributed by atoms with van der Waals surface area (Å²) in [5.41, 5.74) is 0.610. The van der Waals surface area contributed by atoms with Crippen molar-refractivity contribution in [2.24, 2.45) is 11.8 Å². The van der Waals surface area contributed by atoms with Gasteiger partial charge in [-0.1, -0.05) is 26.0 Å². The third kappa shape index (κ3) is 3.67. The molecule has 0 aromatic heterocycles. The van der Waals surface area contributed by atoms with Gasteiger partial charge in [0.05, 0.1) is 18.7 Å². The molecule has 24 heavy (non-hydrogen) atoms. The molecule has 1 aliphatic rings. The van der Waals surface area contributed by atoms with Crippen molar-refractivity contribution in [3.8, 4) is 5.75 Å². The Morgan fingerprint density at radius 1 is 1.33 bits per heavy atom. The number of para-hydroxylation sites is 2. The highest BCUT2D eigenvalue weighted by Crippen LogP contribution is 2.32. The number of nitrogens with one attached hydrogen (secondary N) is 1. The van der Waals surface area contributed by atoms with Gasteiger partial charge in [-0.25, -0.2) is 4.79 Å². The van der Waals surface area contributed by atoms with Crippen LogP contribution in [0.1, 0.15) is 20.3 Å². The van der Waals surface area contributed by atoms with Crippen molar-refractivity contribution in [3.63, 3.8) is 0 Å². The smallest absolute Gasteiger partial charge is 0.326 e. The maximum Gasteiger partial charge on any atom is 0.326 e. The number of carboxylic acid groups (broad SMARTS) is 1. The number of carboxylic acids is 1. The third-order valence-electron chi connectivity index (χ3n) is 4.10. The molecule has 130 valence electrons. The number of carbonyl (C=O) groups excluding carboxylic acids is 2. The summed E-state index contributed by atoms with van der Waals surface area (Å²) in [7, 11) is 1.52. The van der Waals surface area contributed by atoms with Gasteiger partial charge in [-0.05, 0) is 18.1 Å². The standard InChI is InChI=1S/C17H22N2O5/c1-10(2)15(17(22)23)18-16(21)11-8-14(20)19(9-11)12-6-4-5-7-13(12)24-3/h4-7,10-11,15H,8-9H2,1-3H3,(H,18,21)(H,22,23)/t11?,15-/m0/s1. The SMILES string of the molecule is COc1ccccc1N1CC(C(=O)N[C@H](C(=O)O)C(C)C)CC1=O. The maximum absolute atomic E-state index is 12.4. The Morgan fingerprint density at radius 2 is 2.00 bits per heavy atom. The van der Waals surface area contributed by atoms with Crippen LogP contribution in [0.15, 0.2) is 24.3 Å². The summed E-state index contributed by atoms with van der Waals surface area (Å²) in [6, 6.07) is 6.12. The van der Waals surface area contributed by atoms with Crippen LogP contribution in [0.2, 0.25) is 0 Å². The lowest BCUT2D eigenvalue weighted by atomic mass is 10.0. The van der Waals surface area contributed by atoms with E-state index < -0.39 is 23.8 Å². The molecule has 7 heteroatoms. The molecule has 2 amide bonds. The van der Waals surface area contributed by atoms with Gasteiger partial charge in [-0.2, -0.15) is 0 Å². The van der Waals surface area contributed by atoms with Crippen LogP contribution in [-0.4, -0.2) is 42.6 Å². The van der Waals surface area contributed by atoms with E-state index in [4.69, 9.17) is 4.74 Å². The van der Waals surface area contributed by atoms with Crippen LogP contribution in [-0.2, 0) is 14.4 Å². The van der Waals surface area contributed by atoms with E-state index in [0.29, 0.717) is 11.4 Å². The zero-order chi connectivity index (χ0) is 17.9. The molecule has 0 bridgehead atoms. The number of aliphatic carboxylic acids is 1. The number of ether oxygens (including phenoxy) is 1. The Kier molecular flexibility index (Phi) is 5.43. The summed E-state index contributed by atoms with van der Waals surface area (Å²) in [6.07, 6.45) is 0.0499. The average molecular weight is 334 g/mol. The van der Waals surface area contributed by atoms with E-state index in [9.17, 15) is 19.5 Å². The average Bonchev–Trinajstić information content (AvgIpc) is 2.93. The molecule has 1 fully saturated rings. The van der Waals surface area contributed by atoms with E-state index >= 15 is 0 Å². The number of benzene rings is 1. The van der Waals surface area contributed by atoms with Crippen molar-refractivity contribution in [2.45, 2.75) is 26.3 Å². The lowest BCUT2D eigenvalue weighted by Gasteiger charge is -2.21. The third-order valence-corrected chi connectivity index (χ3v) is 4.10. The second kappa shape index (κ2) is 7.33.